The fourth-order valence-corrected chi connectivity index (χ4v) is 1.45. The number of aromatic hydroxyl groups is 1. The van der Waals surface area contributed by atoms with E-state index in [0.717, 1.165) is 12.3 Å². The third-order valence-electron chi connectivity index (χ3n) is 2.52. The minimum Gasteiger partial charge on any atom is -0.506 e. The second-order valence-corrected chi connectivity index (χ2v) is 3.92. The molecule has 1 aromatic rings. The number of carbonyl (C=O) groups excluding carboxylic acids is 1. The maximum Gasteiger partial charge on any atom is 0.252 e. The van der Waals surface area contributed by atoms with Gasteiger partial charge in [-0.15, -0.1) is 0 Å². The molecule has 4 nitrogen and oxygen atoms in total. The Balaban J connectivity index is 1.83. The van der Waals surface area contributed by atoms with Gasteiger partial charge in [0.2, 0.25) is 0 Å². The Hall–Kier alpha value is -1.58. The molecule has 0 unspecified atom stereocenters. The van der Waals surface area contributed by atoms with Gasteiger partial charge in [0.05, 0.1) is 11.8 Å². The largest absolute Gasteiger partial charge is 0.506 e. The summed E-state index contributed by atoms with van der Waals surface area (Å²) in [5.41, 5.74) is 0.408. The number of pyridine rings is 1. The molecule has 1 saturated carbocycles. The standard InChI is InChI=1S/C11H14N2O2/c14-10-5-9(6-12-7-10)11(15)13-4-3-8-1-2-8/h5-8,14H,1-4H2,(H,13,15). The molecule has 1 aliphatic carbocycles. The minimum absolute atomic E-state index is 0.0184. The third kappa shape index (κ3) is 2.94. The van der Waals surface area contributed by atoms with Gasteiger partial charge in [-0.2, -0.15) is 0 Å². The average molecular weight is 206 g/mol. The molecule has 0 bridgehead atoms. The Morgan fingerprint density at radius 3 is 3.00 bits per heavy atom. The van der Waals surface area contributed by atoms with Crippen LogP contribution in [-0.2, 0) is 0 Å². The van der Waals surface area contributed by atoms with Crippen molar-refractivity contribution in [3.05, 3.63) is 24.0 Å². The maximum absolute atomic E-state index is 11.5. The molecule has 0 spiro atoms. The SMILES string of the molecule is O=C(NCCC1CC1)c1cncc(O)c1. The zero-order chi connectivity index (χ0) is 10.7. The number of amides is 1. The molecule has 0 aromatic carbocycles. The first-order valence-electron chi connectivity index (χ1n) is 5.18. The lowest BCUT2D eigenvalue weighted by Gasteiger charge is -2.04. The fourth-order valence-electron chi connectivity index (χ4n) is 1.45. The van der Waals surface area contributed by atoms with E-state index >= 15 is 0 Å². The highest BCUT2D eigenvalue weighted by Gasteiger charge is 2.20. The average Bonchev–Trinajstić information content (AvgIpc) is 3.01. The number of nitrogens with zero attached hydrogens (tertiary/aromatic N) is 1. The quantitative estimate of drug-likeness (QED) is 0.781. The van der Waals surface area contributed by atoms with Crippen molar-refractivity contribution >= 4 is 5.91 Å². The number of hydrogen-bond donors (Lipinski definition) is 2. The molecule has 1 heterocycles. The smallest absolute Gasteiger partial charge is 0.252 e. The Kier molecular flexibility index (Phi) is 2.85. The highest BCUT2D eigenvalue weighted by atomic mass is 16.3. The van der Waals surface area contributed by atoms with Crippen LogP contribution in [0.5, 0.6) is 5.75 Å². The molecule has 1 aliphatic rings. The van der Waals surface area contributed by atoms with Crippen LogP contribution >= 0.6 is 0 Å². The molecular weight excluding hydrogens is 192 g/mol. The second kappa shape index (κ2) is 4.29. The first kappa shape index (κ1) is 9.96. The van der Waals surface area contributed by atoms with E-state index in [1.54, 1.807) is 0 Å². The van der Waals surface area contributed by atoms with Crippen LogP contribution in [0, 0.1) is 5.92 Å². The van der Waals surface area contributed by atoms with E-state index in [4.69, 9.17) is 5.11 Å². The molecular formula is C11H14N2O2. The Morgan fingerprint density at radius 2 is 2.33 bits per heavy atom. The van der Waals surface area contributed by atoms with Crippen molar-refractivity contribution in [3.63, 3.8) is 0 Å². The van der Waals surface area contributed by atoms with Crippen molar-refractivity contribution in [3.8, 4) is 5.75 Å². The summed E-state index contributed by atoms with van der Waals surface area (Å²) in [7, 11) is 0. The first-order valence-corrected chi connectivity index (χ1v) is 5.18. The van der Waals surface area contributed by atoms with E-state index in [1.807, 2.05) is 0 Å². The first-order chi connectivity index (χ1) is 7.25. The summed E-state index contributed by atoms with van der Waals surface area (Å²) in [5, 5.41) is 12.0. The van der Waals surface area contributed by atoms with E-state index in [2.05, 4.69) is 10.3 Å². The van der Waals surface area contributed by atoms with Crippen molar-refractivity contribution in [2.45, 2.75) is 19.3 Å². The summed E-state index contributed by atoms with van der Waals surface area (Å²) in [6.07, 6.45) is 6.40. The van der Waals surface area contributed by atoms with Crippen LogP contribution in [0.3, 0.4) is 0 Å². The van der Waals surface area contributed by atoms with E-state index in [-0.39, 0.29) is 11.7 Å². The lowest BCUT2D eigenvalue weighted by molar-refractivity contribution is 0.0952. The molecule has 0 saturated heterocycles. The molecule has 80 valence electrons. The predicted molar refractivity (Wildman–Crippen MR) is 55.6 cm³/mol. The molecule has 2 rings (SSSR count). The van der Waals surface area contributed by atoms with Crippen LogP contribution in [0.15, 0.2) is 18.5 Å². The summed E-state index contributed by atoms with van der Waals surface area (Å²) in [4.78, 5) is 15.3. The fraction of sp³-hybridized carbons (Fsp3) is 0.455. The molecule has 0 aliphatic heterocycles. The Labute approximate surface area is 88.3 Å². The topological polar surface area (TPSA) is 62.2 Å². The van der Waals surface area contributed by atoms with Gasteiger partial charge in [-0.25, -0.2) is 0 Å². The molecule has 1 fully saturated rings. The van der Waals surface area contributed by atoms with Gasteiger partial charge in [0.25, 0.3) is 5.91 Å². The lowest BCUT2D eigenvalue weighted by Crippen LogP contribution is -2.24. The van der Waals surface area contributed by atoms with Crippen LogP contribution < -0.4 is 5.32 Å². The van der Waals surface area contributed by atoms with Crippen molar-refractivity contribution in [1.82, 2.24) is 10.3 Å². The molecule has 2 N–H and O–H groups in total. The number of nitrogens with one attached hydrogen (secondary N) is 1. The van der Waals surface area contributed by atoms with E-state index in [1.165, 1.54) is 31.3 Å². The second-order valence-electron chi connectivity index (χ2n) is 3.92. The zero-order valence-corrected chi connectivity index (χ0v) is 8.44. The monoisotopic (exact) mass is 206 g/mol. The van der Waals surface area contributed by atoms with Crippen LogP contribution in [-0.4, -0.2) is 22.5 Å². The Morgan fingerprint density at radius 1 is 1.53 bits per heavy atom. The van der Waals surface area contributed by atoms with E-state index in [9.17, 15) is 4.79 Å². The summed E-state index contributed by atoms with van der Waals surface area (Å²) in [6.45, 7) is 0.707. The predicted octanol–water partition coefficient (Wildman–Crippen LogP) is 1.32. The van der Waals surface area contributed by atoms with Crippen LogP contribution in [0.2, 0.25) is 0 Å². The maximum atomic E-state index is 11.5. The molecule has 0 atom stereocenters. The molecule has 1 aromatic heterocycles. The zero-order valence-electron chi connectivity index (χ0n) is 8.44. The summed E-state index contributed by atoms with van der Waals surface area (Å²) < 4.78 is 0. The molecule has 15 heavy (non-hydrogen) atoms. The number of rotatable bonds is 4. The summed E-state index contributed by atoms with van der Waals surface area (Å²) >= 11 is 0. The van der Waals surface area contributed by atoms with Crippen molar-refractivity contribution in [2.75, 3.05) is 6.54 Å². The van der Waals surface area contributed by atoms with Gasteiger partial charge in [-0.3, -0.25) is 9.78 Å². The van der Waals surface area contributed by atoms with Gasteiger partial charge in [-0.05, 0) is 18.4 Å². The third-order valence-corrected chi connectivity index (χ3v) is 2.52. The van der Waals surface area contributed by atoms with Crippen LogP contribution in [0.25, 0.3) is 0 Å². The highest BCUT2D eigenvalue weighted by molar-refractivity contribution is 5.94. The van der Waals surface area contributed by atoms with Gasteiger partial charge in [0, 0.05) is 12.7 Å². The van der Waals surface area contributed by atoms with Crippen molar-refractivity contribution in [1.29, 1.82) is 0 Å². The number of aromatic nitrogens is 1. The normalized spacial score (nSPS) is 14.9. The van der Waals surface area contributed by atoms with E-state index < -0.39 is 0 Å². The summed E-state index contributed by atoms with van der Waals surface area (Å²) in [6, 6.07) is 1.42. The van der Waals surface area contributed by atoms with Crippen molar-refractivity contribution in [2.24, 2.45) is 5.92 Å². The van der Waals surface area contributed by atoms with Crippen molar-refractivity contribution < 1.29 is 9.90 Å². The number of hydrogen-bond acceptors (Lipinski definition) is 3. The van der Waals surface area contributed by atoms with E-state index in [0.29, 0.717) is 12.1 Å². The minimum atomic E-state index is -0.168. The molecule has 4 heteroatoms. The van der Waals surface area contributed by atoms with Gasteiger partial charge in [-0.1, -0.05) is 12.8 Å². The lowest BCUT2D eigenvalue weighted by atomic mass is 10.2. The number of carbonyl (C=O) groups is 1. The molecule has 0 radical (unpaired) electrons. The van der Waals surface area contributed by atoms with Crippen LogP contribution in [0.4, 0.5) is 0 Å². The van der Waals surface area contributed by atoms with Gasteiger partial charge >= 0.3 is 0 Å². The van der Waals surface area contributed by atoms with Gasteiger partial charge in [0.15, 0.2) is 0 Å². The highest BCUT2D eigenvalue weighted by Crippen LogP contribution is 2.31. The van der Waals surface area contributed by atoms with Gasteiger partial charge < -0.3 is 10.4 Å². The summed E-state index contributed by atoms with van der Waals surface area (Å²) in [5.74, 6) is 0.663. The van der Waals surface area contributed by atoms with Gasteiger partial charge in [0.1, 0.15) is 5.75 Å². The molecule has 1 amide bonds. The van der Waals surface area contributed by atoms with Crippen LogP contribution in [0.1, 0.15) is 29.6 Å². The Bertz CT molecular complexity index is 361.